The third-order valence-corrected chi connectivity index (χ3v) is 5.72. The lowest BCUT2D eigenvalue weighted by Gasteiger charge is -2.29. The highest BCUT2D eigenvalue weighted by Crippen LogP contribution is 2.30. The first-order chi connectivity index (χ1) is 12.5. The van der Waals surface area contributed by atoms with E-state index in [9.17, 15) is 14.4 Å². The van der Waals surface area contributed by atoms with Crippen molar-refractivity contribution in [1.82, 2.24) is 20.4 Å². The number of nitrogens with zero attached hydrogens (tertiary/aromatic N) is 2. The van der Waals surface area contributed by atoms with E-state index in [2.05, 4.69) is 22.6 Å². The molecule has 0 aliphatic carbocycles. The molecule has 0 aromatic heterocycles. The molecule has 138 valence electrons. The van der Waals surface area contributed by atoms with Crippen molar-refractivity contribution in [3.63, 3.8) is 0 Å². The number of carbonyl (C=O) groups excluding carboxylic acids is 3. The Labute approximate surface area is 152 Å². The number of benzene rings is 1. The van der Waals surface area contributed by atoms with Crippen LogP contribution in [-0.4, -0.2) is 59.7 Å². The molecule has 2 saturated heterocycles. The van der Waals surface area contributed by atoms with Crippen molar-refractivity contribution in [2.45, 2.75) is 44.4 Å². The Balaban J connectivity index is 1.55. The number of carbonyl (C=O) groups is 3. The molecule has 0 spiro atoms. The van der Waals surface area contributed by atoms with E-state index in [0.29, 0.717) is 25.6 Å². The van der Waals surface area contributed by atoms with E-state index in [4.69, 9.17) is 0 Å². The number of piperidine rings is 1. The van der Waals surface area contributed by atoms with Crippen molar-refractivity contribution < 1.29 is 14.4 Å². The van der Waals surface area contributed by atoms with Crippen LogP contribution in [0, 0.1) is 0 Å². The Kier molecular flexibility index (Phi) is 4.50. The maximum absolute atomic E-state index is 13.1. The molecular weight excluding hydrogens is 332 g/mol. The Bertz CT molecular complexity index is 757. The molecular formula is C19H24N4O3. The van der Waals surface area contributed by atoms with Crippen molar-refractivity contribution in [1.29, 1.82) is 0 Å². The van der Waals surface area contributed by atoms with Gasteiger partial charge in [-0.15, -0.1) is 0 Å². The molecule has 0 saturated carbocycles. The van der Waals surface area contributed by atoms with Gasteiger partial charge in [-0.2, -0.15) is 0 Å². The highest BCUT2D eigenvalue weighted by atomic mass is 16.2. The summed E-state index contributed by atoms with van der Waals surface area (Å²) < 4.78 is 0. The van der Waals surface area contributed by atoms with Gasteiger partial charge in [-0.05, 0) is 37.6 Å². The third kappa shape index (κ3) is 3.01. The van der Waals surface area contributed by atoms with Crippen LogP contribution in [0.15, 0.2) is 18.2 Å². The summed E-state index contributed by atoms with van der Waals surface area (Å²) in [5, 5.41) is 5.72. The summed E-state index contributed by atoms with van der Waals surface area (Å²) in [5.41, 5.74) is 2.71. The molecule has 2 atom stereocenters. The average Bonchev–Trinajstić information content (AvgIpc) is 3.24. The first-order valence-corrected chi connectivity index (χ1v) is 9.21. The van der Waals surface area contributed by atoms with Gasteiger partial charge in [0.1, 0.15) is 6.04 Å². The van der Waals surface area contributed by atoms with Gasteiger partial charge in [-0.3, -0.25) is 24.6 Å². The van der Waals surface area contributed by atoms with Crippen molar-refractivity contribution in [3.8, 4) is 0 Å². The molecule has 3 aliphatic rings. The summed E-state index contributed by atoms with van der Waals surface area (Å²) in [6.45, 7) is 3.15. The normalized spacial score (nSPS) is 25.8. The SMILES string of the molecule is CN(Cc1cccc2c1C(=O)N(C1CCC(=O)NC1=O)C2)[C@H]1CCNC1. The van der Waals surface area contributed by atoms with Crippen LogP contribution in [0.4, 0.5) is 0 Å². The topological polar surface area (TPSA) is 81.8 Å². The first kappa shape index (κ1) is 17.2. The molecule has 2 fully saturated rings. The van der Waals surface area contributed by atoms with Gasteiger partial charge in [-0.1, -0.05) is 18.2 Å². The molecule has 7 heteroatoms. The van der Waals surface area contributed by atoms with Gasteiger partial charge in [0.05, 0.1) is 0 Å². The second kappa shape index (κ2) is 6.81. The predicted molar refractivity (Wildman–Crippen MR) is 95.2 cm³/mol. The fourth-order valence-electron chi connectivity index (χ4n) is 4.24. The minimum Gasteiger partial charge on any atom is -0.322 e. The summed E-state index contributed by atoms with van der Waals surface area (Å²) in [7, 11) is 2.09. The maximum atomic E-state index is 13.1. The zero-order chi connectivity index (χ0) is 18.3. The molecule has 1 aromatic rings. The van der Waals surface area contributed by atoms with Crippen LogP contribution in [0.1, 0.15) is 40.7 Å². The Hall–Kier alpha value is -2.25. The van der Waals surface area contributed by atoms with Gasteiger partial charge < -0.3 is 10.2 Å². The minimum atomic E-state index is -0.558. The molecule has 4 rings (SSSR count). The largest absolute Gasteiger partial charge is 0.322 e. The molecule has 0 radical (unpaired) electrons. The maximum Gasteiger partial charge on any atom is 0.255 e. The first-order valence-electron chi connectivity index (χ1n) is 9.21. The van der Waals surface area contributed by atoms with E-state index >= 15 is 0 Å². The highest BCUT2D eigenvalue weighted by molar-refractivity contribution is 6.05. The number of amides is 3. The number of fused-ring (bicyclic) bond motifs is 1. The number of hydrogen-bond donors (Lipinski definition) is 2. The van der Waals surface area contributed by atoms with E-state index in [1.807, 2.05) is 18.2 Å². The van der Waals surface area contributed by atoms with Gasteiger partial charge >= 0.3 is 0 Å². The second-order valence-corrected chi connectivity index (χ2v) is 7.41. The van der Waals surface area contributed by atoms with Crippen molar-refractivity contribution in [3.05, 3.63) is 34.9 Å². The van der Waals surface area contributed by atoms with Crippen molar-refractivity contribution in [2.75, 3.05) is 20.1 Å². The standard InChI is InChI=1S/C19H24N4O3/c1-22(14-7-8-20-9-14)10-12-3-2-4-13-11-23(19(26)17(12)13)15-5-6-16(24)21-18(15)25/h2-4,14-15,20H,5-11H2,1H3,(H,21,24,25)/t14-,15?/m0/s1. The number of imide groups is 1. The lowest BCUT2D eigenvalue weighted by molar-refractivity contribution is -0.136. The van der Waals surface area contributed by atoms with Gasteiger partial charge in [0, 0.05) is 37.7 Å². The number of nitrogens with one attached hydrogen (secondary N) is 2. The molecule has 1 unspecified atom stereocenters. The van der Waals surface area contributed by atoms with Crippen LogP contribution in [0.5, 0.6) is 0 Å². The van der Waals surface area contributed by atoms with E-state index in [1.165, 1.54) is 0 Å². The van der Waals surface area contributed by atoms with Crippen LogP contribution in [0.2, 0.25) is 0 Å². The summed E-state index contributed by atoms with van der Waals surface area (Å²) in [4.78, 5) is 40.6. The van der Waals surface area contributed by atoms with Gasteiger partial charge in [0.2, 0.25) is 11.8 Å². The van der Waals surface area contributed by atoms with E-state index in [-0.39, 0.29) is 24.1 Å². The number of likely N-dealkylation sites (N-methyl/N-ethyl adjacent to an activating group) is 1. The van der Waals surface area contributed by atoms with E-state index in [0.717, 1.165) is 36.2 Å². The lowest BCUT2D eigenvalue weighted by atomic mass is 10.0. The molecule has 7 nitrogen and oxygen atoms in total. The Morgan fingerprint density at radius 3 is 2.81 bits per heavy atom. The fourth-order valence-corrected chi connectivity index (χ4v) is 4.24. The molecule has 3 amide bonds. The monoisotopic (exact) mass is 356 g/mol. The lowest BCUT2D eigenvalue weighted by Crippen LogP contribution is -2.52. The summed E-state index contributed by atoms with van der Waals surface area (Å²) >= 11 is 0. The molecule has 26 heavy (non-hydrogen) atoms. The average molecular weight is 356 g/mol. The fraction of sp³-hybridized carbons (Fsp3) is 0.526. The predicted octanol–water partition coefficient (Wildman–Crippen LogP) is 0.241. The number of hydrogen-bond acceptors (Lipinski definition) is 5. The van der Waals surface area contributed by atoms with Crippen LogP contribution >= 0.6 is 0 Å². The Morgan fingerprint density at radius 1 is 1.23 bits per heavy atom. The van der Waals surface area contributed by atoms with Crippen LogP contribution < -0.4 is 10.6 Å². The number of rotatable bonds is 4. The van der Waals surface area contributed by atoms with Crippen LogP contribution in [-0.2, 0) is 22.7 Å². The zero-order valence-electron chi connectivity index (χ0n) is 15.0. The van der Waals surface area contributed by atoms with E-state index < -0.39 is 6.04 Å². The van der Waals surface area contributed by atoms with Crippen LogP contribution in [0.3, 0.4) is 0 Å². The molecule has 0 bridgehead atoms. The quantitative estimate of drug-likeness (QED) is 0.756. The second-order valence-electron chi connectivity index (χ2n) is 7.41. The Morgan fingerprint density at radius 2 is 2.08 bits per heavy atom. The summed E-state index contributed by atoms with van der Waals surface area (Å²) in [6.07, 6.45) is 1.79. The summed E-state index contributed by atoms with van der Waals surface area (Å²) in [6, 6.07) is 5.87. The van der Waals surface area contributed by atoms with Crippen LogP contribution in [0.25, 0.3) is 0 Å². The zero-order valence-corrected chi connectivity index (χ0v) is 15.0. The molecule has 2 N–H and O–H groups in total. The minimum absolute atomic E-state index is 0.0944. The van der Waals surface area contributed by atoms with Crippen molar-refractivity contribution >= 4 is 17.7 Å². The highest BCUT2D eigenvalue weighted by Gasteiger charge is 2.40. The third-order valence-electron chi connectivity index (χ3n) is 5.72. The summed E-state index contributed by atoms with van der Waals surface area (Å²) in [5.74, 6) is -0.718. The van der Waals surface area contributed by atoms with Gasteiger partial charge in [0.15, 0.2) is 0 Å². The molecule has 1 aromatic carbocycles. The smallest absolute Gasteiger partial charge is 0.255 e. The molecule has 3 aliphatic heterocycles. The van der Waals surface area contributed by atoms with E-state index in [1.54, 1.807) is 4.90 Å². The van der Waals surface area contributed by atoms with Gasteiger partial charge in [0.25, 0.3) is 5.91 Å². The van der Waals surface area contributed by atoms with Crippen molar-refractivity contribution in [2.24, 2.45) is 0 Å². The van der Waals surface area contributed by atoms with Gasteiger partial charge in [-0.25, -0.2) is 0 Å². The molecule has 3 heterocycles.